The van der Waals surface area contributed by atoms with Gasteiger partial charge in [0.1, 0.15) is 17.3 Å². The Bertz CT molecular complexity index is 1110. The molecule has 0 bridgehead atoms. The number of benzene rings is 2. The van der Waals surface area contributed by atoms with Crippen molar-refractivity contribution in [3.05, 3.63) is 88.7 Å². The van der Waals surface area contributed by atoms with Crippen LogP contribution in [0.2, 0.25) is 0 Å². The Balaban J connectivity index is 1.84. The van der Waals surface area contributed by atoms with Gasteiger partial charge in [0.2, 0.25) is 0 Å². The standard InChI is InChI=1S/C30H35BF2O4/c1-4-6-18-35-26-14-10-23(11-15-26)8-9-24-20-28(30(22(3)34)29(21-24)37-31(32)33)25-12-16-27(17-13-25)36-19-7-5-2/h8-17,21,28H,4-7,18-20H2,1-3H3/b9-8-/t28-/m1/s1. The summed E-state index contributed by atoms with van der Waals surface area (Å²) in [6.45, 7) is 6.92. The van der Waals surface area contributed by atoms with Gasteiger partial charge in [-0.25, -0.2) is 8.63 Å². The van der Waals surface area contributed by atoms with Crippen molar-refractivity contribution in [3.63, 3.8) is 0 Å². The Kier molecular flexibility index (Phi) is 11.0. The molecule has 0 radical (unpaired) electrons. The Hall–Kier alpha value is -3.35. The molecule has 3 rings (SSSR count). The topological polar surface area (TPSA) is 44.8 Å². The van der Waals surface area contributed by atoms with Crippen LogP contribution in [-0.2, 0) is 9.45 Å². The lowest BCUT2D eigenvalue weighted by molar-refractivity contribution is -0.114. The molecule has 196 valence electrons. The maximum Gasteiger partial charge on any atom is 0.796 e. The maximum absolute atomic E-state index is 13.3. The molecule has 4 nitrogen and oxygen atoms in total. The average molecular weight is 508 g/mol. The van der Waals surface area contributed by atoms with Gasteiger partial charge in [-0.15, -0.1) is 0 Å². The summed E-state index contributed by atoms with van der Waals surface area (Å²) in [7, 11) is -3.03. The number of rotatable bonds is 14. The van der Waals surface area contributed by atoms with E-state index < -0.39 is 13.4 Å². The van der Waals surface area contributed by atoms with Crippen LogP contribution >= 0.6 is 0 Å². The van der Waals surface area contributed by atoms with Crippen LogP contribution < -0.4 is 9.47 Å². The van der Waals surface area contributed by atoms with E-state index in [9.17, 15) is 13.4 Å². The largest absolute Gasteiger partial charge is 0.796 e. The number of carbonyl (C=O) groups is 1. The van der Waals surface area contributed by atoms with Crippen LogP contribution in [0.4, 0.5) is 8.63 Å². The molecule has 0 aliphatic heterocycles. The zero-order valence-electron chi connectivity index (χ0n) is 21.8. The second-order valence-corrected chi connectivity index (χ2v) is 9.06. The molecule has 0 unspecified atom stereocenters. The van der Waals surface area contributed by atoms with Crippen molar-refractivity contribution in [2.75, 3.05) is 13.2 Å². The predicted molar refractivity (Wildman–Crippen MR) is 145 cm³/mol. The molecule has 2 aromatic carbocycles. The third kappa shape index (κ3) is 8.62. The summed E-state index contributed by atoms with van der Waals surface area (Å²) in [5.41, 5.74) is 2.84. The van der Waals surface area contributed by atoms with Gasteiger partial charge in [0.15, 0.2) is 5.78 Å². The molecule has 1 atom stereocenters. The van der Waals surface area contributed by atoms with Crippen LogP contribution in [0.1, 0.15) is 69.9 Å². The molecular formula is C30H35BF2O4. The van der Waals surface area contributed by atoms with Crippen molar-refractivity contribution in [1.82, 2.24) is 0 Å². The van der Waals surface area contributed by atoms with E-state index in [1.165, 1.54) is 6.92 Å². The highest BCUT2D eigenvalue weighted by Crippen LogP contribution is 2.39. The van der Waals surface area contributed by atoms with Gasteiger partial charge in [0.25, 0.3) is 0 Å². The van der Waals surface area contributed by atoms with Crippen LogP contribution in [0.3, 0.4) is 0 Å². The summed E-state index contributed by atoms with van der Waals surface area (Å²) in [6, 6.07) is 15.2. The van der Waals surface area contributed by atoms with E-state index in [2.05, 4.69) is 13.8 Å². The lowest BCUT2D eigenvalue weighted by atomic mass is 9.79. The molecule has 0 amide bonds. The Morgan fingerprint density at radius 3 is 2.00 bits per heavy atom. The fraction of sp³-hybridized carbons (Fsp3) is 0.367. The fourth-order valence-electron chi connectivity index (χ4n) is 4.17. The third-order valence-corrected chi connectivity index (χ3v) is 6.15. The lowest BCUT2D eigenvalue weighted by Gasteiger charge is -2.27. The van der Waals surface area contributed by atoms with Gasteiger partial charge >= 0.3 is 7.47 Å². The maximum atomic E-state index is 13.3. The molecule has 37 heavy (non-hydrogen) atoms. The van der Waals surface area contributed by atoms with E-state index in [0.29, 0.717) is 19.6 Å². The highest BCUT2D eigenvalue weighted by molar-refractivity contribution is 6.35. The van der Waals surface area contributed by atoms with Crippen LogP contribution in [0, 0.1) is 0 Å². The first-order chi connectivity index (χ1) is 17.9. The van der Waals surface area contributed by atoms with E-state index in [4.69, 9.17) is 14.1 Å². The third-order valence-electron chi connectivity index (χ3n) is 6.15. The minimum absolute atomic E-state index is 0.0821. The molecule has 0 spiro atoms. The summed E-state index contributed by atoms with van der Waals surface area (Å²) in [6.07, 6.45) is 9.91. The summed E-state index contributed by atoms with van der Waals surface area (Å²) in [5.74, 6) is 0.771. The molecular weight excluding hydrogens is 473 g/mol. The zero-order chi connectivity index (χ0) is 26.6. The number of hydrogen-bond acceptors (Lipinski definition) is 4. The first-order valence-electron chi connectivity index (χ1n) is 13.0. The number of hydrogen-bond donors (Lipinski definition) is 0. The SMILES string of the molecule is CCCCOc1ccc(/C=C\C2=CC(OB(F)F)=C(C(C)=O)[C@@H](c3ccc(OCCCC)cc3)C2)cc1. The van der Waals surface area contributed by atoms with Crippen molar-refractivity contribution < 1.29 is 27.6 Å². The van der Waals surface area contributed by atoms with Gasteiger partial charge in [0, 0.05) is 11.5 Å². The predicted octanol–water partition coefficient (Wildman–Crippen LogP) is 7.96. The van der Waals surface area contributed by atoms with E-state index in [-0.39, 0.29) is 17.1 Å². The van der Waals surface area contributed by atoms with Gasteiger partial charge in [0.05, 0.1) is 13.2 Å². The van der Waals surface area contributed by atoms with Gasteiger partial charge < -0.3 is 14.1 Å². The number of allylic oxidation sites excluding steroid dienone is 4. The molecule has 0 saturated heterocycles. The molecule has 0 heterocycles. The van der Waals surface area contributed by atoms with Crippen molar-refractivity contribution in [2.45, 2.75) is 58.8 Å². The molecule has 0 saturated carbocycles. The molecule has 1 aliphatic rings. The van der Waals surface area contributed by atoms with Crippen molar-refractivity contribution in [1.29, 1.82) is 0 Å². The van der Waals surface area contributed by atoms with Crippen molar-refractivity contribution in [2.24, 2.45) is 0 Å². The monoisotopic (exact) mass is 508 g/mol. The second-order valence-electron chi connectivity index (χ2n) is 9.06. The van der Waals surface area contributed by atoms with Crippen molar-refractivity contribution >= 4 is 19.3 Å². The van der Waals surface area contributed by atoms with Gasteiger partial charge in [-0.3, -0.25) is 4.79 Å². The van der Waals surface area contributed by atoms with E-state index in [0.717, 1.165) is 53.9 Å². The van der Waals surface area contributed by atoms with Gasteiger partial charge in [-0.05, 0) is 73.2 Å². The van der Waals surface area contributed by atoms with Gasteiger partial charge in [-0.1, -0.05) is 63.1 Å². The van der Waals surface area contributed by atoms with Crippen LogP contribution in [0.25, 0.3) is 6.08 Å². The van der Waals surface area contributed by atoms with E-state index in [1.54, 1.807) is 6.08 Å². The summed E-state index contributed by atoms with van der Waals surface area (Å²) in [4.78, 5) is 12.6. The molecule has 1 aliphatic carbocycles. The number of unbranched alkanes of at least 4 members (excludes halogenated alkanes) is 2. The molecule has 0 fully saturated rings. The average Bonchev–Trinajstić information content (AvgIpc) is 2.88. The fourth-order valence-corrected chi connectivity index (χ4v) is 4.17. The minimum Gasteiger partial charge on any atom is -0.505 e. The number of halogens is 2. The number of carbonyl (C=O) groups excluding carboxylic acids is 1. The Labute approximate surface area is 219 Å². The summed E-state index contributed by atoms with van der Waals surface area (Å²) in [5, 5.41) is 0. The first kappa shape index (κ1) is 28.2. The van der Waals surface area contributed by atoms with Gasteiger partial charge in [-0.2, -0.15) is 0 Å². The highest BCUT2D eigenvalue weighted by Gasteiger charge is 2.31. The Morgan fingerprint density at radius 2 is 1.49 bits per heavy atom. The second kappa shape index (κ2) is 14.4. The number of Topliss-reactive ketones (excluding diaryl/α,β-unsaturated/α-hetero) is 1. The number of ether oxygens (including phenoxy) is 2. The van der Waals surface area contributed by atoms with E-state index in [1.807, 2.05) is 60.7 Å². The van der Waals surface area contributed by atoms with Crippen LogP contribution in [-0.4, -0.2) is 26.5 Å². The normalized spacial score (nSPS) is 15.5. The summed E-state index contributed by atoms with van der Waals surface area (Å²) < 4.78 is 42.8. The molecule has 7 heteroatoms. The smallest absolute Gasteiger partial charge is 0.505 e. The minimum atomic E-state index is -3.03. The van der Waals surface area contributed by atoms with E-state index >= 15 is 0 Å². The lowest BCUT2D eigenvalue weighted by Crippen LogP contribution is -2.19. The zero-order valence-corrected chi connectivity index (χ0v) is 21.8. The summed E-state index contributed by atoms with van der Waals surface area (Å²) >= 11 is 0. The first-order valence-corrected chi connectivity index (χ1v) is 13.0. The Morgan fingerprint density at radius 1 is 0.919 bits per heavy atom. The molecule has 0 aromatic heterocycles. The number of ketones is 1. The quantitative estimate of drug-likeness (QED) is 0.192. The van der Waals surface area contributed by atoms with Crippen LogP contribution in [0.5, 0.6) is 11.5 Å². The molecule has 2 aromatic rings. The molecule has 0 N–H and O–H groups in total. The highest BCUT2D eigenvalue weighted by atomic mass is 19.2. The van der Waals surface area contributed by atoms with Crippen molar-refractivity contribution in [3.8, 4) is 11.5 Å². The van der Waals surface area contributed by atoms with Crippen LogP contribution in [0.15, 0.2) is 77.6 Å².